The quantitative estimate of drug-likeness (QED) is 0.479. The summed E-state index contributed by atoms with van der Waals surface area (Å²) in [6, 6.07) is 6.20. The number of hydrogen-bond donors (Lipinski definition) is 1. The van der Waals surface area contributed by atoms with Crippen LogP contribution in [0.15, 0.2) is 30.3 Å². The van der Waals surface area contributed by atoms with E-state index in [4.69, 9.17) is 5.11 Å². The highest BCUT2D eigenvalue weighted by Crippen LogP contribution is 2.18. The summed E-state index contributed by atoms with van der Waals surface area (Å²) in [7, 11) is 0. The summed E-state index contributed by atoms with van der Waals surface area (Å²) in [4.78, 5) is 23.5. The molecule has 0 bridgehead atoms. The highest BCUT2D eigenvalue weighted by Gasteiger charge is 2.11. The molecule has 1 aromatic rings. The van der Waals surface area contributed by atoms with Crippen molar-refractivity contribution in [3.63, 3.8) is 0 Å². The Balaban J connectivity index is 2.87. The number of aliphatic hydroxyl groups is 1. The van der Waals surface area contributed by atoms with Crippen LogP contribution >= 0.6 is 0 Å². The summed E-state index contributed by atoms with van der Waals surface area (Å²) >= 11 is 0. The maximum atomic E-state index is 11.8. The van der Waals surface area contributed by atoms with Crippen molar-refractivity contribution >= 4 is 17.7 Å². The zero-order valence-corrected chi connectivity index (χ0v) is 10.7. The molecular weight excluding hydrogens is 248 g/mol. The highest BCUT2D eigenvalue weighted by molar-refractivity contribution is 5.92. The second kappa shape index (κ2) is 7.27. The van der Waals surface area contributed by atoms with Crippen LogP contribution in [-0.2, 0) is 4.79 Å². The monoisotopic (exact) mass is 264 g/mol. The molecule has 102 valence electrons. The van der Waals surface area contributed by atoms with E-state index in [0.29, 0.717) is 12.1 Å². The number of rotatable bonds is 6. The van der Waals surface area contributed by atoms with E-state index >= 15 is 0 Å². The molecule has 1 N–H and O–H groups in total. The van der Waals surface area contributed by atoms with Crippen molar-refractivity contribution in [3.8, 4) is 0 Å². The third-order valence-corrected chi connectivity index (χ3v) is 2.60. The van der Waals surface area contributed by atoms with Crippen molar-refractivity contribution in [1.29, 1.82) is 0 Å². The fourth-order valence-corrected chi connectivity index (χ4v) is 1.61. The lowest BCUT2D eigenvalue weighted by molar-refractivity contribution is -0.385. The van der Waals surface area contributed by atoms with E-state index in [1.807, 2.05) is 0 Å². The summed E-state index contributed by atoms with van der Waals surface area (Å²) in [5, 5.41) is 19.6. The minimum atomic E-state index is -0.491. The maximum Gasteiger partial charge on any atom is 0.276 e. The lowest BCUT2D eigenvalue weighted by Gasteiger charge is -2.17. The molecule has 6 heteroatoms. The SMILES string of the molecule is CCN(CCO)C(=O)/C=C/c1ccccc1[N+](=O)[O-]. The van der Waals surface area contributed by atoms with Gasteiger partial charge in [0.1, 0.15) is 0 Å². The molecular formula is C13H16N2O4. The summed E-state index contributed by atoms with van der Waals surface area (Å²) in [6.45, 7) is 2.41. The molecule has 0 radical (unpaired) electrons. The number of aliphatic hydroxyl groups excluding tert-OH is 1. The fraction of sp³-hybridized carbons (Fsp3) is 0.308. The molecule has 0 fully saturated rings. The average molecular weight is 264 g/mol. The zero-order valence-electron chi connectivity index (χ0n) is 10.7. The van der Waals surface area contributed by atoms with Crippen molar-refractivity contribution in [1.82, 2.24) is 4.90 Å². The number of carbonyl (C=O) groups excluding carboxylic acids is 1. The van der Waals surface area contributed by atoms with Gasteiger partial charge in [0.15, 0.2) is 0 Å². The molecule has 0 unspecified atom stereocenters. The summed E-state index contributed by atoms with van der Waals surface area (Å²) in [5.74, 6) is -0.283. The fourth-order valence-electron chi connectivity index (χ4n) is 1.61. The van der Waals surface area contributed by atoms with Gasteiger partial charge in [0.2, 0.25) is 5.91 Å². The zero-order chi connectivity index (χ0) is 14.3. The number of nitrogens with zero attached hydrogens (tertiary/aromatic N) is 2. The van der Waals surface area contributed by atoms with E-state index in [1.165, 1.54) is 23.1 Å². The molecule has 0 aromatic heterocycles. The van der Waals surface area contributed by atoms with E-state index in [2.05, 4.69) is 0 Å². The molecule has 0 atom stereocenters. The van der Waals surface area contributed by atoms with Crippen LogP contribution in [0.25, 0.3) is 6.08 Å². The minimum absolute atomic E-state index is 0.0447. The number of likely N-dealkylation sites (N-methyl/N-ethyl adjacent to an activating group) is 1. The van der Waals surface area contributed by atoms with Crippen molar-refractivity contribution in [2.45, 2.75) is 6.92 Å². The van der Waals surface area contributed by atoms with Gasteiger partial charge in [-0.25, -0.2) is 0 Å². The van der Waals surface area contributed by atoms with E-state index in [0.717, 1.165) is 0 Å². The van der Waals surface area contributed by atoms with Gasteiger partial charge >= 0.3 is 0 Å². The molecule has 0 aliphatic heterocycles. The molecule has 6 nitrogen and oxygen atoms in total. The van der Waals surface area contributed by atoms with Crippen LogP contribution in [0.4, 0.5) is 5.69 Å². The van der Waals surface area contributed by atoms with Crippen LogP contribution in [-0.4, -0.2) is 40.5 Å². The molecule has 19 heavy (non-hydrogen) atoms. The maximum absolute atomic E-state index is 11.8. The van der Waals surface area contributed by atoms with E-state index in [9.17, 15) is 14.9 Å². The molecule has 0 saturated heterocycles. The topological polar surface area (TPSA) is 83.7 Å². The first-order chi connectivity index (χ1) is 9.10. The van der Waals surface area contributed by atoms with Crippen LogP contribution in [0.5, 0.6) is 0 Å². The van der Waals surface area contributed by atoms with Crippen LogP contribution in [0, 0.1) is 10.1 Å². The Morgan fingerprint density at radius 3 is 2.74 bits per heavy atom. The summed E-state index contributed by atoms with van der Waals surface area (Å²) in [5.41, 5.74) is 0.331. The van der Waals surface area contributed by atoms with E-state index < -0.39 is 4.92 Å². The number of para-hydroxylation sites is 1. The second-order valence-electron chi connectivity index (χ2n) is 3.79. The number of hydrogen-bond acceptors (Lipinski definition) is 4. The Morgan fingerprint density at radius 1 is 1.47 bits per heavy atom. The second-order valence-corrected chi connectivity index (χ2v) is 3.79. The van der Waals surface area contributed by atoms with Crippen molar-refractivity contribution in [3.05, 3.63) is 46.0 Å². The lowest BCUT2D eigenvalue weighted by atomic mass is 10.1. The van der Waals surface area contributed by atoms with Crippen molar-refractivity contribution < 1.29 is 14.8 Å². The first-order valence-electron chi connectivity index (χ1n) is 5.91. The van der Waals surface area contributed by atoms with Gasteiger partial charge < -0.3 is 10.0 Å². The highest BCUT2D eigenvalue weighted by atomic mass is 16.6. The Kier molecular flexibility index (Phi) is 5.69. The van der Waals surface area contributed by atoms with Crippen LogP contribution in [0.2, 0.25) is 0 Å². The summed E-state index contributed by atoms with van der Waals surface area (Å²) < 4.78 is 0. The molecule has 0 spiro atoms. The Morgan fingerprint density at radius 2 is 2.16 bits per heavy atom. The van der Waals surface area contributed by atoms with Gasteiger partial charge in [0, 0.05) is 25.2 Å². The van der Waals surface area contributed by atoms with Crippen molar-refractivity contribution in [2.75, 3.05) is 19.7 Å². The van der Waals surface area contributed by atoms with Crippen LogP contribution in [0.1, 0.15) is 12.5 Å². The van der Waals surface area contributed by atoms with E-state index in [1.54, 1.807) is 25.1 Å². The van der Waals surface area contributed by atoms with Gasteiger partial charge in [0.25, 0.3) is 5.69 Å². The number of amides is 1. The molecule has 0 saturated carbocycles. The normalized spacial score (nSPS) is 10.6. The smallest absolute Gasteiger partial charge is 0.276 e. The average Bonchev–Trinajstić information content (AvgIpc) is 2.42. The molecule has 1 amide bonds. The molecule has 1 rings (SSSR count). The van der Waals surface area contributed by atoms with Gasteiger partial charge in [-0.3, -0.25) is 14.9 Å². The van der Waals surface area contributed by atoms with Crippen molar-refractivity contribution in [2.24, 2.45) is 0 Å². The van der Waals surface area contributed by atoms with Gasteiger partial charge in [-0.15, -0.1) is 0 Å². The molecule has 0 aliphatic carbocycles. The number of nitro benzene ring substituents is 1. The lowest BCUT2D eigenvalue weighted by Crippen LogP contribution is -2.31. The predicted molar refractivity (Wildman–Crippen MR) is 71.5 cm³/mol. The van der Waals surface area contributed by atoms with E-state index in [-0.39, 0.29) is 24.7 Å². The van der Waals surface area contributed by atoms with Crippen LogP contribution in [0.3, 0.4) is 0 Å². The first kappa shape index (κ1) is 14.8. The van der Waals surface area contributed by atoms with Gasteiger partial charge in [-0.05, 0) is 19.1 Å². The molecule has 1 aromatic carbocycles. The Bertz CT molecular complexity index is 485. The standard InChI is InChI=1S/C13H16N2O4/c1-2-14(9-10-16)13(17)8-7-11-5-3-4-6-12(11)15(18)19/h3-8,16H,2,9-10H2,1H3/b8-7+. The van der Waals surface area contributed by atoms with Gasteiger partial charge in [-0.1, -0.05) is 12.1 Å². The largest absolute Gasteiger partial charge is 0.395 e. The Hall–Kier alpha value is -2.21. The third-order valence-electron chi connectivity index (χ3n) is 2.60. The van der Waals surface area contributed by atoms with Gasteiger partial charge in [0.05, 0.1) is 17.1 Å². The van der Waals surface area contributed by atoms with Crippen LogP contribution < -0.4 is 0 Å². The first-order valence-corrected chi connectivity index (χ1v) is 5.91. The predicted octanol–water partition coefficient (Wildman–Crippen LogP) is 1.45. The third kappa shape index (κ3) is 4.18. The molecule has 0 heterocycles. The summed E-state index contributed by atoms with van der Waals surface area (Å²) in [6.07, 6.45) is 2.70. The number of carbonyl (C=O) groups is 1. The molecule has 0 aliphatic rings. The minimum Gasteiger partial charge on any atom is -0.395 e. The van der Waals surface area contributed by atoms with Gasteiger partial charge in [-0.2, -0.15) is 0 Å². The number of benzene rings is 1. The number of nitro groups is 1. The Labute approximate surface area is 111 Å².